The van der Waals surface area contributed by atoms with Gasteiger partial charge in [0, 0.05) is 12.2 Å². The summed E-state index contributed by atoms with van der Waals surface area (Å²) in [6.45, 7) is -0.610. The quantitative estimate of drug-likeness (QED) is 0.671. The van der Waals surface area contributed by atoms with Crippen LogP contribution in [-0.2, 0) is 19.4 Å². The molecule has 0 heterocycles. The molecule has 4 nitrogen and oxygen atoms in total. The van der Waals surface area contributed by atoms with E-state index in [9.17, 15) is 26.4 Å². The van der Waals surface area contributed by atoms with E-state index in [4.69, 9.17) is 0 Å². The summed E-state index contributed by atoms with van der Waals surface area (Å²) in [6, 6.07) is 0. The van der Waals surface area contributed by atoms with E-state index in [0.717, 1.165) is 0 Å². The number of carbonyl (C=O) groups excluding carboxylic acids is 1. The van der Waals surface area contributed by atoms with Crippen molar-refractivity contribution in [2.24, 2.45) is 0 Å². The Morgan fingerprint density at radius 2 is 1.88 bits per heavy atom. The van der Waals surface area contributed by atoms with Gasteiger partial charge in [-0.05, 0) is 6.42 Å². The molecule has 0 fully saturated rings. The molecule has 0 aromatic heterocycles. The standard InChI is InChI=1S/C9H15F3O4S/c1-2-17(14,15)5-3-4-8(13)6-16-7-9(10,11)12/h2-7H2,1H3. The Morgan fingerprint density at radius 1 is 1.29 bits per heavy atom. The normalized spacial score (nSPS) is 12.7. The highest BCUT2D eigenvalue weighted by Crippen LogP contribution is 2.14. The van der Waals surface area contributed by atoms with Crippen LogP contribution in [0.4, 0.5) is 13.2 Å². The monoisotopic (exact) mass is 276 g/mol. The van der Waals surface area contributed by atoms with Crippen LogP contribution in [0.1, 0.15) is 19.8 Å². The zero-order valence-corrected chi connectivity index (χ0v) is 10.2. The Hall–Kier alpha value is -0.630. The number of ketones is 1. The minimum Gasteiger partial charge on any atom is -0.364 e. The molecule has 0 aromatic carbocycles. The topological polar surface area (TPSA) is 60.4 Å². The third-order valence-electron chi connectivity index (χ3n) is 1.88. The molecule has 0 saturated heterocycles. The summed E-state index contributed by atoms with van der Waals surface area (Å²) in [5.41, 5.74) is 0. The van der Waals surface area contributed by atoms with Crippen LogP contribution in [0.25, 0.3) is 0 Å². The summed E-state index contributed by atoms with van der Waals surface area (Å²) in [4.78, 5) is 11.0. The van der Waals surface area contributed by atoms with Gasteiger partial charge in [0.2, 0.25) is 0 Å². The first kappa shape index (κ1) is 16.4. The second-order valence-electron chi connectivity index (χ2n) is 3.49. The summed E-state index contributed by atoms with van der Waals surface area (Å²) >= 11 is 0. The largest absolute Gasteiger partial charge is 0.411 e. The molecular formula is C9H15F3O4S. The third-order valence-corrected chi connectivity index (χ3v) is 3.67. The van der Waals surface area contributed by atoms with Crippen LogP contribution in [0.3, 0.4) is 0 Å². The van der Waals surface area contributed by atoms with E-state index in [1.54, 1.807) is 0 Å². The van der Waals surface area contributed by atoms with Gasteiger partial charge >= 0.3 is 6.18 Å². The van der Waals surface area contributed by atoms with Gasteiger partial charge in [0.25, 0.3) is 0 Å². The second kappa shape index (κ2) is 6.95. The van der Waals surface area contributed by atoms with Gasteiger partial charge < -0.3 is 4.74 Å². The zero-order valence-electron chi connectivity index (χ0n) is 9.42. The molecular weight excluding hydrogens is 261 g/mol. The second-order valence-corrected chi connectivity index (χ2v) is 5.96. The third kappa shape index (κ3) is 10.3. The number of Topliss-reactive ketones (excluding diaryl/α,β-unsaturated/α-hetero) is 1. The number of alkyl halides is 3. The molecule has 17 heavy (non-hydrogen) atoms. The Balaban J connectivity index is 3.68. The number of ether oxygens (including phenoxy) is 1. The van der Waals surface area contributed by atoms with Crippen molar-refractivity contribution in [3.05, 3.63) is 0 Å². The summed E-state index contributed by atoms with van der Waals surface area (Å²) in [5, 5.41) is 0. The SMILES string of the molecule is CCS(=O)(=O)CCCC(=O)COCC(F)(F)F. The number of hydrogen-bond donors (Lipinski definition) is 0. The molecule has 0 aromatic rings. The van der Waals surface area contributed by atoms with E-state index >= 15 is 0 Å². The Kier molecular flexibility index (Phi) is 6.69. The molecule has 0 amide bonds. The van der Waals surface area contributed by atoms with Gasteiger partial charge in [-0.15, -0.1) is 0 Å². The molecule has 0 spiro atoms. The van der Waals surface area contributed by atoms with Gasteiger partial charge in [0.15, 0.2) is 5.78 Å². The van der Waals surface area contributed by atoms with Gasteiger partial charge in [-0.3, -0.25) is 4.79 Å². The van der Waals surface area contributed by atoms with E-state index in [0.29, 0.717) is 0 Å². The van der Waals surface area contributed by atoms with Crippen LogP contribution in [0, 0.1) is 0 Å². The fourth-order valence-corrected chi connectivity index (χ4v) is 1.86. The van der Waals surface area contributed by atoms with E-state index in [-0.39, 0.29) is 24.3 Å². The van der Waals surface area contributed by atoms with E-state index < -0.39 is 35.0 Å². The van der Waals surface area contributed by atoms with Gasteiger partial charge in [-0.25, -0.2) is 8.42 Å². The molecule has 102 valence electrons. The summed E-state index contributed by atoms with van der Waals surface area (Å²) < 4.78 is 61.1. The lowest BCUT2D eigenvalue weighted by molar-refractivity contribution is -0.175. The van der Waals surface area contributed by atoms with Crippen LogP contribution in [0.2, 0.25) is 0 Å². The number of halogens is 3. The lowest BCUT2D eigenvalue weighted by atomic mass is 10.2. The molecule has 0 rings (SSSR count). The number of rotatable bonds is 8. The van der Waals surface area contributed by atoms with Crippen molar-refractivity contribution in [2.75, 3.05) is 24.7 Å². The van der Waals surface area contributed by atoms with Crippen molar-refractivity contribution in [2.45, 2.75) is 25.9 Å². The maximum Gasteiger partial charge on any atom is 0.411 e. The van der Waals surface area contributed by atoms with Crippen molar-refractivity contribution < 1.29 is 31.1 Å². The van der Waals surface area contributed by atoms with Gasteiger partial charge in [0.05, 0.1) is 5.75 Å². The van der Waals surface area contributed by atoms with Crippen molar-refractivity contribution in [1.29, 1.82) is 0 Å². The molecule has 0 atom stereocenters. The predicted molar refractivity (Wildman–Crippen MR) is 55.4 cm³/mol. The average molecular weight is 276 g/mol. The molecule has 0 radical (unpaired) electrons. The molecule has 0 aliphatic carbocycles. The first-order chi connectivity index (χ1) is 7.66. The number of sulfone groups is 1. The van der Waals surface area contributed by atoms with Gasteiger partial charge in [0.1, 0.15) is 23.1 Å². The van der Waals surface area contributed by atoms with Crippen molar-refractivity contribution in [3.63, 3.8) is 0 Å². The fraction of sp³-hybridized carbons (Fsp3) is 0.889. The van der Waals surface area contributed by atoms with Crippen LogP contribution in [0.5, 0.6) is 0 Å². The van der Waals surface area contributed by atoms with Gasteiger partial charge in [-0.2, -0.15) is 13.2 Å². The van der Waals surface area contributed by atoms with Crippen LogP contribution in [-0.4, -0.2) is 45.1 Å². The molecule has 0 N–H and O–H groups in total. The van der Waals surface area contributed by atoms with Gasteiger partial charge in [-0.1, -0.05) is 6.92 Å². The number of carbonyl (C=O) groups is 1. The average Bonchev–Trinajstić information content (AvgIpc) is 2.15. The van der Waals surface area contributed by atoms with E-state index in [2.05, 4.69) is 4.74 Å². The molecule has 0 aliphatic rings. The Labute approximate surface area is 98.1 Å². The maximum atomic E-state index is 11.6. The summed E-state index contributed by atoms with van der Waals surface area (Å²) in [7, 11) is -3.13. The van der Waals surface area contributed by atoms with Crippen LogP contribution < -0.4 is 0 Å². The molecule has 0 aliphatic heterocycles. The smallest absolute Gasteiger partial charge is 0.364 e. The first-order valence-corrected chi connectivity index (χ1v) is 6.85. The minimum atomic E-state index is -4.45. The van der Waals surface area contributed by atoms with E-state index in [1.165, 1.54) is 6.92 Å². The highest BCUT2D eigenvalue weighted by atomic mass is 32.2. The Morgan fingerprint density at radius 3 is 2.35 bits per heavy atom. The summed E-state index contributed by atoms with van der Waals surface area (Å²) in [6.07, 6.45) is -4.42. The lowest BCUT2D eigenvalue weighted by Gasteiger charge is -2.06. The number of hydrogen-bond acceptors (Lipinski definition) is 4. The van der Waals surface area contributed by atoms with Crippen LogP contribution in [0.15, 0.2) is 0 Å². The maximum absolute atomic E-state index is 11.6. The van der Waals surface area contributed by atoms with E-state index in [1.807, 2.05) is 0 Å². The molecule has 8 heteroatoms. The minimum absolute atomic E-state index is 0.00817. The van der Waals surface area contributed by atoms with Crippen LogP contribution >= 0.6 is 0 Å². The highest BCUT2D eigenvalue weighted by Gasteiger charge is 2.27. The highest BCUT2D eigenvalue weighted by molar-refractivity contribution is 7.91. The lowest BCUT2D eigenvalue weighted by Crippen LogP contribution is -2.20. The molecule has 0 unspecified atom stereocenters. The fourth-order valence-electron chi connectivity index (χ4n) is 0.986. The van der Waals surface area contributed by atoms with Crippen molar-refractivity contribution in [1.82, 2.24) is 0 Å². The summed E-state index contributed by atoms with van der Waals surface area (Å²) in [5.74, 6) is -0.666. The Bertz CT molecular complexity index is 335. The predicted octanol–water partition coefficient (Wildman–Crippen LogP) is 1.35. The van der Waals surface area contributed by atoms with Crippen molar-refractivity contribution in [3.8, 4) is 0 Å². The first-order valence-electron chi connectivity index (χ1n) is 5.03. The van der Waals surface area contributed by atoms with Crippen molar-refractivity contribution >= 4 is 15.6 Å². The zero-order chi connectivity index (χ0) is 13.5. The molecule has 0 saturated carbocycles. The molecule has 0 bridgehead atoms.